The summed E-state index contributed by atoms with van der Waals surface area (Å²) in [5.74, 6) is 0. The Balaban J connectivity index is 1.85. The summed E-state index contributed by atoms with van der Waals surface area (Å²) in [4.78, 5) is 2.32. The van der Waals surface area contributed by atoms with Gasteiger partial charge in [0.25, 0.3) is 0 Å². The Morgan fingerprint density at radius 1 is 1.00 bits per heavy atom. The summed E-state index contributed by atoms with van der Waals surface area (Å²) >= 11 is 0. The number of hydrogen-bond acceptors (Lipinski definition) is 3. The molecule has 1 aliphatic heterocycles. The molecular weight excluding hydrogens is 270 g/mol. The highest BCUT2D eigenvalue weighted by Crippen LogP contribution is 2.14. The van der Waals surface area contributed by atoms with Gasteiger partial charge in [-0.2, -0.15) is 0 Å². The summed E-state index contributed by atoms with van der Waals surface area (Å²) in [5.41, 5.74) is 5.63. The number of allylic oxidation sites excluding steroid dienone is 2. The molecule has 128 valence electrons. The van der Waals surface area contributed by atoms with Crippen molar-refractivity contribution in [1.29, 1.82) is 0 Å². The van der Waals surface area contributed by atoms with Crippen LogP contribution in [0.3, 0.4) is 0 Å². The average molecular weight is 308 g/mol. The molecule has 0 fully saturated rings. The van der Waals surface area contributed by atoms with Crippen molar-refractivity contribution >= 4 is 0 Å². The fourth-order valence-corrected chi connectivity index (χ4v) is 2.96. The van der Waals surface area contributed by atoms with Crippen LogP contribution in [-0.4, -0.2) is 24.2 Å². The highest BCUT2D eigenvalue weighted by atomic mass is 15.3. The minimum Gasteiger partial charge on any atom is -0.370 e. The lowest BCUT2D eigenvalue weighted by atomic mass is 10.1. The van der Waals surface area contributed by atoms with Crippen molar-refractivity contribution in [3.8, 4) is 0 Å². The predicted molar refractivity (Wildman–Crippen MR) is 97.4 cm³/mol. The van der Waals surface area contributed by atoms with E-state index in [1.54, 1.807) is 0 Å². The zero-order valence-electron chi connectivity index (χ0n) is 14.6. The van der Waals surface area contributed by atoms with Gasteiger partial charge in [0, 0.05) is 25.5 Å². The Morgan fingerprint density at radius 3 is 2.41 bits per heavy atom. The van der Waals surface area contributed by atoms with Crippen LogP contribution in [0.15, 0.2) is 24.6 Å². The number of hydrogen-bond donors (Lipinski definition) is 2. The molecule has 1 heterocycles. The fourth-order valence-electron chi connectivity index (χ4n) is 2.96. The Labute approximate surface area is 138 Å². The lowest BCUT2D eigenvalue weighted by molar-refractivity contribution is 0.264. The summed E-state index contributed by atoms with van der Waals surface area (Å²) in [7, 11) is 0. The van der Waals surface area contributed by atoms with Crippen molar-refractivity contribution in [2.24, 2.45) is 5.73 Å². The van der Waals surface area contributed by atoms with Gasteiger partial charge in [-0.05, 0) is 38.5 Å². The molecule has 1 atom stereocenters. The van der Waals surface area contributed by atoms with Crippen molar-refractivity contribution < 1.29 is 0 Å². The van der Waals surface area contributed by atoms with Crippen LogP contribution in [0.1, 0.15) is 77.6 Å². The second-order valence-corrected chi connectivity index (χ2v) is 6.34. The lowest BCUT2D eigenvalue weighted by Gasteiger charge is -2.25. The van der Waals surface area contributed by atoms with Gasteiger partial charge in [-0.1, -0.05) is 51.2 Å². The van der Waals surface area contributed by atoms with E-state index in [4.69, 9.17) is 5.73 Å². The van der Waals surface area contributed by atoms with Crippen molar-refractivity contribution in [3.05, 3.63) is 24.6 Å². The van der Waals surface area contributed by atoms with Crippen LogP contribution < -0.4 is 11.1 Å². The van der Waals surface area contributed by atoms with Crippen LogP contribution in [0.2, 0.25) is 0 Å². The molecule has 3 nitrogen and oxygen atoms in total. The molecule has 0 saturated heterocycles. The molecular formula is C19H37N3. The molecule has 1 aliphatic rings. The van der Waals surface area contributed by atoms with Crippen LogP contribution in [0.5, 0.6) is 0 Å². The molecule has 1 rings (SSSR count). The average Bonchev–Trinajstić information content (AvgIpc) is 2.96. The van der Waals surface area contributed by atoms with E-state index in [0.717, 1.165) is 13.1 Å². The number of nitrogens with one attached hydrogen (secondary N) is 1. The molecule has 3 N–H and O–H groups in total. The molecule has 1 unspecified atom stereocenters. The number of nitrogens with zero attached hydrogens (tertiary/aromatic N) is 1. The highest BCUT2D eigenvalue weighted by molar-refractivity contribution is 4.94. The topological polar surface area (TPSA) is 41.3 Å². The number of rotatable bonds is 14. The van der Waals surface area contributed by atoms with Crippen LogP contribution >= 0.6 is 0 Å². The minimum atomic E-state index is 0.481. The van der Waals surface area contributed by atoms with Crippen molar-refractivity contribution in [2.45, 2.75) is 83.7 Å². The van der Waals surface area contributed by atoms with Gasteiger partial charge in [0.2, 0.25) is 0 Å². The van der Waals surface area contributed by atoms with E-state index in [1.807, 2.05) is 6.20 Å². The summed E-state index contributed by atoms with van der Waals surface area (Å²) in [5, 5.41) is 3.41. The van der Waals surface area contributed by atoms with Gasteiger partial charge >= 0.3 is 0 Å². The number of nitrogens with two attached hydrogens (primary N) is 1. The van der Waals surface area contributed by atoms with Crippen molar-refractivity contribution in [3.63, 3.8) is 0 Å². The first kappa shape index (κ1) is 19.1. The molecule has 22 heavy (non-hydrogen) atoms. The minimum absolute atomic E-state index is 0.481. The van der Waals surface area contributed by atoms with E-state index in [0.29, 0.717) is 6.17 Å². The van der Waals surface area contributed by atoms with E-state index in [1.165, 1.54) is 70.6 Å². The second kappa shape index (κ2) is 13.7. The standard InChI is InChI=1S/C19H37N3/c1-2-3-4-5-6-7-8-9-10-11-12-13-14-19-21-16-18-22(19)17-15-20/h6-7,16,18-19,21H,2-5,8-15,17,20H2,1H3/b7-6+. The Morgan fingerprint density at radius 2 is 1.68 bits per heavy atom. The molecule has 3 heteroatoms. The first-order valence-electron chi connectivity index (χ1n) is 9.42. The van der Waals surface area contributed by atoms with Crippen LogP contribution in [-0.2, 0) is 0 Å². The zero-order chi connectivity index (χ0) is 15.9. The summed E-state index contributed by atoms with van der Waals surface area (Å²) in [6.07, 6.45) is 24.0. The van der Waals surface area contributed by atoms with Gasteiger partial charge in [0.05, 0.1) is 6.17 Å². The van der Waals surface area contributed by atoms with E-state index in [-0.39, 0.29) is 0 Å². The Hall–Kier alpha value is -0.960. The first-order chi connectivity index (χ1) is 10.9. The van der Waals surface area contributed by atoms with E-state index in [2.05, 4.69) is 35.5 Å². The van der Waals surface area contributed by atoms with Crippen molar-refractivity contribution in [2.75, 3.05) is 13.1 Å². The third-order valence-electron chi connectivity index (χ3n) is 4.33. The largest absolute Gasteiger partial charge is 0.370 e. The van der Waals surface area contributed by atoms with Crippen LogP contribution in [0.4, 0.5) is 0 Å². The molecule has 0 aliphatic carbocycles. The molecule has 0 radical (unpaired) electrons. The first-order valence-corrected chi connectivity index (χ1v) is 9.42. The van der Waals surface area contributed by atoms with Gasteiger partial charge in [0.15, 0.2) is 0 Å². The summed E-state index contributed by atoms with van der Waals surface area (Å²) in [6, 6.07) is 0. The summed E-state index contributed by atoms with van der Waals surface area (Å²) in [6.45, 7) is 3.95. The SMILES string of the molecule is CCCCC/C=C/CCCCCCCC1NC=CN1CCN. The molecule has 0 bridgehead atoms. The lowest BCUT2D eigenvalue weighted by Crippen LogP contribution is -2.37. The van der Waals surface area contributed by atoms with Gasteiger partial charge in [-0.15, -0.1) is 0 Å². The molecule has 0 amide bonds. The van der Waals surface area contributed by atoms with Crippen LogP contribution in [0.25, 0.3) is 0 Å². The fraction of sp³-hybridized carbons (Fsp3) is 0.789. The Kier molecular flexibility index (Phi) is 11.9. The number of unbranched alkanes of at least 4 members (excludes halogenated alkanes) is 8. The van der Waals surface area contributed by atoms with E-state index >= 15 is 0 Å². The van der Waals surface area contributed by atoms with E-state index in [9.17, 15) is 0 Å². The monoisotopic (exact) mass is 307 g/mol. The quantitative estimate of drug-likeness (QED) is 0.366. The maximum Gasteiger partial charge on any atom is 0.0981 e. The molecule has 0 aromatic carbocycles. The van der Waals surface area contributed by atoms with Gasteiger partial charge in [0.1, 0.15) is 0 Å². The summed E-state index contributed by atoms with van der Waals surface area (Å²) < 4.78 is 0. The molecule has 0 aromatic rings. The van der Waals surface area contributed by atoms with Crippen molar-refractivity contribution in [1.82, 2.24) is 10.2 Å². The molecule has 0 aromatic heterocycles. The molecule has 0 spiro atoms. The third kappa shape index (κ3) is 9.14. The van der Waals surface area contributed by atoms with Gasteiger partial charge in [-0.3, -0.25) is 0 Å². The maximum absolute atomic E-state index is 5.63. The third-order valence-corrected chi connectivity index (χ3v) is 4.33. The Bertz CT molecular complexity index is 299. The smallest absolute Gasteiger partial charge is 0.0981 e. The van der Waals surface area contributed by atoms with E-state index < -0.39 is 0 Å². The predicted octanol–water partition coefficient (Wildman–Crippen LogP) is 4.51. The molecule has 0 saturated carbocycles. The van der Waals surface area contributed by atoms with Gasteiger partial charge in [-0.25, -0.2) is 0 Å². The van der Waals surface area contributed by atoms with Gasteiger partial charge < -0.3 is 16.0 Å². The normalized spacial score (nSPS) is 17.5. The zero-order valence-corrected chi connectivity index (χ0v) is 14.6. The second-order valence-electron chi connectivity index (χ2n) is 6.34. The maximum atomic E-state index is 5.63. The van der Waals surface area contributed by atoms with Crippen LogP contribution in [0, 0.1) is 0 Å². The highest BCUT2D eigenvalue weighted by Gasteiger charge is 2.16.